The van der Waals surface area contributed by atoms with Gasteiger partial charge in [-0.15, -0.1) is 0 Å². The zero-order valence-corrected chi connectivity index (χ0v) is 17.0. The minimum Gasteiger partial charge on any atom is -0.508 e. The number of aromatic nitrogens is 1. The van der Waals surface area contributed by atoms with Crippen molar-refractivity contribution in [3.8, 4) is 11.5 Å². The third-order valence-corrected chi connectivity index (χ3v) is 5.23. The van der Waals surface area contributed by atoms with Crippen molar-refractivity contribution in [2.75, 3.05) is 11.5 Å². The van der Waals surface area contributed by atoms with E-state index in [-0.39, 0.29) is 11.7 Å². The number of rotatable bonds is 5. The van der Waals surface area contributed by atoms with Crippen LogP contribution < -0.4 is 9.64 Å². The first-order chi connectivity index (χ1) is 14.6. The van der Waals surface area contributed by atoms with E-state index in [4.69, 9.17) is 4.74 Å². The van der Waals surface area contributed by atoms with Crippen LogP contribution in [-0.4, -0.2) is 27.8 Å². The molecule has 6 nitrogen and oxygen atoms in total. The molecule has 1 aliphatic heterocycles. The number of benzene rings is 2. The van der Waals surface area contributed by atoms with Gasteiger partial charge in [0.05, 0.1) is 17.2 Å². The number of phenolic OH excluding ortho intramolecular Hbond substituents is 1. The van der Waals surface area contributed by atoms with Crippen molar-refractivity contribution in [3.05, 3.63) is 83.4 Å². The number of aliphatic imine (C=N–C) groups is 1. The lowest BCUT2D eigenvalue weighted by Gasteiger charge is -2.16. The quantitative estimate of drug-likeness (QED) is 0.592. The molecule has 0 radical (unpaired) electrons. The molecule has 7 heteroatoms. The molecule has 30 heavy (non-hydrogen) atoms. The van der Waals surface area contributed by atoms with Crippen molar-refractivity contribution in [3.63, 3.8) is 0 Å². The van der Waals surface area contributed by atoms with Crippen molar-refractivity contribution in [1.29, 1.82) is 0 Å². The summed E-state index contributed by atoms with van der Waals surface area (Å²) in [5.41, 5.74) is 1.51. The van der Waals surface area contributed by atoms with Gasteiger partial charge in [-0.2, -0.15) is 0 Å². The Labute approximate surface area is 178 Å². The maximum Gasteiger partial charge on any atom is 0.271 e. The van der Waals surface area contributed by atoms with Gasteiger partial charge in [0.15, 0.2) is 11.0 Å². The summed E-state index contributed by atoms with van der Waals surface area (Å²) in [5.74, 6) is 1.26. The molecule has 2 aromatic carbocycles. The Balaban J connectivity index is 1.72. The molecule has 1 amide bonds. The number of pyridine rings is 1. The molecule has 1 aliphatic rings. The predicted octanol–water partition coefficient (Wildman–Crippen LogP) is 4.99. The molecule has 0 spiro atoms. The lowest BCUT2D eigenvalue weighted by Crippen LogP contribution is -2.28. The summed E-state index contributed by atoms with van der Waals surface area (Å²) in [5, 5.41) is 10.0. The number of amidine groups is 1. The van der Waals surface area contributed by atoms with Crippen LogP contribution in [0, 0.1) is 0 Å². The maximum absolute atomic E-state index is 13.2. The summed E-state index contributed by atoms with van der Waals surface area (Å²) >= 11 is 1.28. The molecule has 0 saturated carbocycles. The van der Waals surface area contributed by atoms with Crippen molar-refractivity contribution >= 4 is 40.4 Å². The molecule has 1 aromatic heterocycles. The van der Waals surface area contributed by atoms with Gasteiger partial charge >= 0.3 is 0 Å². The molecule has 1 saturated heterocycles. The molecule has 150 valence electrons. The van der Waals surface area contributed by atoms with Gasteiger partial charge in [-0.1, -0.05) is 18.2 Å². The Morgan fingerprint density at radius 1 is 1.10 bits per heavy atom. The first-order valence-electron chi connectivity index (χ1n) is 9.39. The molecule has 0 aliphatic carbocycles. The van der Waals surface area contributed by atoms with Crippen LogP contribution in [-0.2, 0) is 4.79 Å². The van der Waals surface area contributed by atoms with Crippen LogP contribution in [0.3, 0.4) is 0 Å². The summed E-state index contributed by atoms with van der Waals surface area (Å²) in [7, 11) is 0. The molecule has 3 aromatic rings. The summed E-state index contributed by atoms with van der Waals surface area (Å²) in [6.07, 6.45) is 3.45. The van der Waals surface area contributed by atoms with E-state index in [1.165, 1.54) is 11.8 Å². The third-order valence-electron chi connectivity index (χ3n) is 4.26. The van der Waals surface area contributed by atoms with E-state index in [0.29, 0.717) is 28.2 Å². The number of aromatic hydroxyl groups is 1. The number of phenols is 1. The van der Waals surface area contributed by atoms with Crippen molar-refractivity contribution in [2.45, 2.75) is 6.92 Å². The fraction of sp³-hybridized carbons (Fsp3) is 0.0870. The fourth-order valence-electron chi connectivity index (χ4n) is 2.87. The minimum atomic E-state index is -0.174. The normalized spacial score (nSPS) is 16.4. The highest BCUT2D eigenvalue weighted by atomic mass is 32.2. The molecule has 0 atom stereocenters. The second kappa shape index (κ2) is 8.84. The first kappa shape index (κ1) is 19.7. The zero-order chi connectivity index (χ0) is 20.9. The number of carbonyl (C=O) groups excluding carboxylic acids is 1. The average Bonchev–Trinajstić information content (AvgIpc) is 3.06. The zero-order valence-electron chi connectivity index (χ0n) is 16.2. The lowest BCUT2D eigenvalue weighted by atomic mass is 10.2. The number of thioether (sulfide) groups is 1. The molecule has 2 heterocycles. The number of amides is 1. The van der Waals surface area contributed by atoms with Crippen molar-refractivity contribution < 1.29 is 14.6 Å². The predicted molar refractivity (Wildman–Crippen MR) is 120 cm³/mol. The molecule has 1 fully saturated rings. The van der Waals surface area contributed by atoms with Gasteiger partial charge < -0.3 is 9.84 Å². The maximum atomic E-state index is 13.2. The Hall–Kier alpha value is -3.58. The summed E-state index contributed by atoms with van der Waals surface area (Å²) in [6, 6.07) is 19.5. The standard InChI is InChI=1S/C23H19N3O3S/c1-2-29-19-12-8-17(9-13-19)26-22(28)20(15-16-6-10-18(27)11-7-16)30-23(26)25-21-5-3-4-14-24-21/h3-15,27H,2H2,1H3/b20-15-,25-23-. The van der Waals surface area contributed by atoms with E-state index in [0.717, 1.165) is 11.3 Å². The van der Waals surface area contributed by atoms with E-state index in [2.05, 4.69) is 9.98 Å². The van der Waals surface area contributed by atoms with Gasteiger partial charge in [-0.25, -0.2) is 9.98 Å². The van der Waals surface area contributed by atoms with E-state index < -0.39 is 0 Å². The number of nitrogens with zero attached hydrogens (tertiary/aromatic N) is 3. The molecular formula is C23H19N3O3S. The molecule has 4 rings (SSSR count). The Morgan fingerprint density at radius 3 is 2.53 bits per heavy atom. The van der Waals surface area contributed by atoms with Gasteiger partial charge in [0.1, 0.15) is 11.5 Å². The van der Waals surface area contributed by atoms with E-state index in [1.807, 2.05) is 43.3 Å². The number of hydrogen-bond donors (Lipinski definition) is 1. The largest absolute Gasteiger partial charge is 0.508 e. The summed E-state index contributed by atoms with van der Waals surface area (Å²) in [4.78, 5) is 24.2. The SMILES string of the molecule is CCOc1ccc(N2C(=O)/C(=C/c3ccc(O)cc3)S/C2=N\c2ccccn2)cc1. The molecule has 1 N–H and O–H groups in total. The highest BCUT2D eigenvalue weighted by Gasteiger charge is 2.34. The average molecular weight is 417 g/mol. The van der Waals surface area contributed by atoms with Crippen LogP contribution in [0.4, 0.5) is 11.5 Å². The first-order valence-corrected chi connectivity index (χ1v) is 10.2. The lowest BCUT2D eigenvalue weighted by molar-refractivity contribution is -0.113. The van der Waals surface area contributed by atoms with Gasteiger partial charge in [0.25, 0.3) is 5.91 Å². The van der Waals surface area contributed by atoms with Gasteiger partial charge in [-0.3, -0.25) is 9.69 Å². The molecule has 0 unspecified atom stereocenters. The van der Waals surface area contributed by atoms with Crippen molar-refractivity contribution in [2.24, 2.45) is 4.99 Å². The number of anilines is 1. The molecule has 0 bridgehead atoms. The van der Waals surface area contributed by atoms with Crippen molar-refractivity contribution in [1.82, 2.24) is 4.98 Å². The Kier molecular flexibility index (Phi) is 5.81. The second-order valence-electron chi connectivity index (χ2n) is 6.35. The Bertz CT molecular complexity index is 1090. The van der Waals surface area contributed by atoms with Gasteiger partial charge in [-0.05, 0) is 78.9 Å². The van der Waals surface area contributed by atoms with Gasteiger partial charge in [0.2, 0.25) is 0 Å². The van der Waals surface area contributed by atoms with Crippen LogP contribution >= 0.6 is 11.8 Å². The van der Waals surface area contributed by atoms with Crippen LogP contribution in [0.25, 0.3) is 6.08 Å². The number of carbonyl (C=O) groups is 1. The number of hydrogen-bond acceptors (Lipinski definition) is 6. The topological polar surface area (TPSA) is 75.0 Å². The highest BCUT2D eigenvalue weighted by Crippen LogP contribution is 2.37. The third kappa shape index (κ3) is 4.36. The number of ether oxygens (including phenoxy) is 1. The van der Waals surface area contributed by atoms with Crippen LogP contribution in [0.15, 0.2) is 82.8 Å². The van der Waals surface area contributed by atoms with E-state index in [9.17, 15) is 9.90 Å². The monoisotopic (exact) mass is 417 g/mol. The highest BCUT2D eigenvalue weighted by molar-refractivity contribution is 8.19. The minimum absolute atomic E-state index is 0.174. The fourth-order valence-corrected chi connectivity index (χ4v) is 3.86. The Morgan fingerprint density at radius 2 is 1.87 bits per heavy atom. The smallest absolute Gasteiger partial charge is 0.271 e. The van der Waals surface area contributed by atoms with Crippen LogP contribution in [0.1, 0.15) is 12.5 Å². The van der Waals surface area contributed by atoms with Crippen LogP contribution in [0.5, 0.6) is 11.5 Å². The van der Waals surface area contributed by atoms with E-state index >= 15 is 0 Å². The van der Waals surface area contributed by atoms with Gasteiger partial charge in [0, 0.05) is 6.20 Å². The molecular weight excluding hydrogens is 398 g/mol. The second-order valence-corrected chi connectivity index (χ2v) is 7.36. The van der Waals surface area contributed by atoms with Crippen LogP contribution in [0.2, 0.25) is 0 Å². The van der Waals surface area contributed by atoms with E-state index in [1.54, 1.807) is 47.5 Å². The summed E-state index contributed by atoms with van der Waals surface area (Å²) in [6.45, 7) is 2.50. The summed E-state index contributed by atoms with van der Waals surface area (Å²) < 4.78 is 5.50.